The molecule has 2 aliphatic rings. The first-order chi connectivity index (χ1) is 6.27. The van der Waals surface area contributed by atoms with E-state index in [9.17, 15) is 9.18 Å². The summed E-state index contributed by atoms with van der Waals surface area (Å²) in [5.74, 6) is 0.0647. The minimum absolute atomic E-state index is 0.0127. The lowest BCUT2D eigenvalue weighted by Crippen LogP contribution is -2.54. The quantitative estimate of drug-likeness (QED) is 0.601. The normalized spacial score (nSPS) is 29.9. The zero-order valence-electron chi connectivity index (χ0n) is 7.54. The van der Waals surface area contributed by atoms with Gasteiger partial charge in [-0.1, -0.05) is 0 Å². The standard InChI is InChI=1S/C9H14FNO2/c10-8-4-11(5-8)9(12)7-2-1-3-13-6-7/h7-8H,1-6H2. The Morgan fingerprint density at radius 3 is 2.77 bits per heavy atom. The van der Waals surface area contributed by atoms with E-state index in [0.29, 0.717) is 6.61 Å². The molecule has 1 unspecified atom stereocenters. The largest absolute Gasteiger partial charge is 0.381 e. The van der Waals surface area contributed by atoms with Crippen LogP contribution in [0.1, 0.15) is 12.8 Å². The van der Waals surface area contributed by atoms with Gasteiger partial charge in [-0.2, -0.15) is 0 Å². The highest BCUT2D eigenvalue weighted by Crippen LogP contribution is 2.20. The smallest absolute Gasteiger partial charge is 0.228 e. The van der Waals surface area contributed by atoms with Crippen molar-refractivity contribution in [3.8, 4) is 0 Å². The molecule has 0 aliphatic carbocycles. The van der Waals surface area contributed by atoms with Crippen molar-refractivity contribution in [3.63, 3.8) is 0 Å². The van der Waals surface area contributed by atoms with Crippen LogP contribution in [0.4, 0.5) is 4.39 Å². The molecule has 0 radical (unpaired) electrons. The highest BCUT2D eigenvalue weighted by molar-refractivity contribution is 5.79. The summed E-state index contributed by atoms with van der Waals surface area (Å²) >= 11 is 0. The van der Waals surface area contributed by atoms with E-state index in [4.69, 9.17) is 4.74 Å². The average Bonchev–Trinajstić information content (AvgIpc) is 2.13. The summed E-state index contributed by atoms with van der Waals surface area (Å²) in [6, 6.07) is 0. The fourth-order valence-corrected chi connectivity index (χ4v) is 1.80. The van der Waals surface area contributed by atoms with Crippen molar-refractivity contribution >= 4 is 5.91 Å². The third kappa shape index (κ3) is 1.82. The molecule has 0 aromatic carbocycles. The molecule has 2 saturated heterocycles. The van der Waals surface area contributed by atoms with Gasteiger partial charge < -0.3 is 9.64 Å². The summed E-state index contributed by atoms with van der Waals surface area (Å²) in [6.07, 6.45) is 1.05. The van der Waals surface area contributed by atoms with Crippen LogP contribution in [0.3, 0.4) is 0 Å². The monoisotopic (exact) mass is 187 g/mol. The number of hydrogen-bond acceptors (Lipinski definition) is 2. The molecule has 4 heteroatoms. The lowest BCUT2D eigenvalue weighted by atomic mass is 9.99. The van der Waals surface area contributed by atoms with Crippen LogP contribution in [0.25, 0.3) is 0 Å². The van der Waals surface area contributed by atoms with Gasteiger partial charge in [-0.15, -0.1) is 0 Å². The Morgan fingerprint density at radius 2 is 2.23 bits per heavy atom. The summed E-state index contributed by atoms with van der Waals surface area (Å²) in [5, 5.41) is 0. The molecule has 2 rings (SSSR count). The van der Waals surface area contributed by atoms with Crippen molar-refractivity contribution in [1.82, 2.24) is 4.90 Å². The third-order valence-electron chi connectivity index (χ3n) is 2.66. The molecule has 2 aliphatic heterocycles. The molecule has 0 bridgehead atoms. The molecule has 74 valence electrons. The molecule has 0 aromatic heterocycles. The van der Waals surface area contributed by atoms with Gasteiger partial charge in [0.15, 0.2) is 0 Å². The van der Waals surface area contributed by atoms with Crippen LogP contribution < -0.4 is 0 Å². The molecular formula is C9H14FNO2. The maximum Gasteiger partial charge on any atom is 0.228 e. The highest BCUT2D eigenvalue weighted by atomic mass is 19.1. The summed E-state index contributed by atoms with van der Waals surface area (Å²) < 4.78 is 17.7. The topological polar surface area (TPSA) is 29.5 Å². The maximum atomic E-state index is 12.5. The van der Waals surface area contributed by atoms with Crippen molar-refractivity contribution < 1.29 is 13.9 Å². The van der Waals surface area contributed by atoms with Gasteiger partial charge in [0.05, 0.1) is 25.6 Å². The van der Waals surface area contributed by atoms with Crippen molar-refractivity contribution in [2.45, 2.75) is 19.0 Å². The van der Waals surface area contributed by atoms with Crippen LogP contribution in [-0.2, 0) is 9.53 Å². The van der Waals surface area contributed by atoms with Crippen molar-refractivity contribution in [2.75, 3.05) is 26.3 Å². The summed E-state index contributed by atoms with van der Waals surface area (Å²) in [7, 11) is 0. The number of alkyl halides is 1. The van der Waals surface area contributed by atoms with Crippen molar-refractivity contribution in [3.05, 3.63) is 0 Å². The van der Waals surface area contributed by atoms with E-state index in [1.54, 1.807) is 4.90 Å². The number of amides is 1. The molecule has 13 heavy (non-hydrogen) atoms. The number of rotatable bonds is 1. The predicted molar refractivity (Wildman–Crippen MR) is 45.0 cm³/mol. The Bertz CT molecular complexity index is 198. The average molecular weight is 187 g/mol. The number of ether oxygens (including phenoxy) is 1. The number of carbonyl (C=O) groups excluding carboxylic acids is 1. The molecule has 0 N–H and O–H groups in total. The highest BCUT2D eigenvalue weighted by Gasteiger charge is 2.34. The second-order valence-electron chi connectivity index (χ2n) is 3.75. The number of hydrogen-bond donors (Lipinski definition) is 0. The van der Waals surface area contributed by atoms with Crippen LogP contribution in [0.15, 0.2) is 0 Å². The van der Waals surface area contributed by atoms with Gasteiger partial charge in [0, 0.05) is 6.61 Å². The summed E-state index contributed by atoms with van der Waals surface area (Å²) in [6.45, 7) is 1.85. The van der Waals surface area contributed by atoms with Gasteiger partial charge in [-0.3, -0.25) is 4.79 Å². The van der Waals surface area contributed by atoms with Gasteiger partial charge >= 0.3 is 0 Å². The lowest BCUT2D eigenvalue weighted by Gasteiger charge is -2.37. The van der Waals surface area contributed by atoms with Gasteiger partial charge in [0.1, 0.15) is 6.17 Å². The van der Waals surface area contributed by atoms with E-state index in [1.807, 2.05) is 0 Å². The van der Waals surface area contributed by atoms with Crippen LogP contribution in [0.5, 0.6) is 0 Å². The lowest BCUT2D eigenvalue weighted by molar-refractivity contribution is -0.146. The van der Waals surface area contributed by atoms with E-state index >= 15 is 0 Å². The van der Waals surface area contributed by atoms with E-state index < -0.39 is 6.17 Å². The molecule has 2 heterocycles. The maximum absolute atomic E-state index is 12.5. The third-order valence-corrected chi connectivity index (χ3v) is 2.66. The molecule has 0 saturated carbocycles. The molecule has 0 aromatic rings. The fourth-order valence-electron chi connectivity index (χ4n) is 1.80. The minimum Gasteiger partial charge on any atom is -0.381 e. The second kappa shape index (κ2) is 3.62. The zero-order valence-corrected chi connectivity index (χ0v) is 7.54. The van der Waals surface area contributed by atoms with E-state index in [-0.39, 0.29) is 24.9 Å². The molecule has 0 spiro atoms. The van der Waals surface area contributed by atoms with Gasteiger partial charge in [-0.05, 0) is 12.8 Å². The van der Waals surface area contributed by atoms with Crippen LogP contribution in [0, 0.1) is 5.92 Å². The predicted octanol–water partition coefficient (Wildman–Crippen LogP) is 0.593. The number of likely N-dealkylation sites (tertiary alicyclic amines) is 1. The van der Waals surface area contributed by atoms with Gasteiger partial charge in [0.2, 0.25) is 5.91 Å². The molecule has 2 fully saturated rings. The molecular weight excluding hydrogens is 173 g/mol. The van der Waals surface area contributed by atoms with Crippen molar-refractivity contribution in [2.24, 2.45) is 5.92 Å². The van der Waals surface area contributed by atoms with Gasteiger partial charge in [-0.25, -0.2) is 4.39 Å². The first-order valence-electron chi connectivity index (χ1n) is 4.78. The Labute approximate surface area is 76.8 Å². The van der Waals surface area contributed by atoms with Crippen molar-refractivity contribution in [1.29, 1.82) is 0 Å². The van der Waals surface area contributed by atoms with Crippen LogP contribution in [-0.4, -0.2) is 43.3 Å². The minimum atomic E-state index is -0.798. The number of halogens is 1. The molecule has 3 nitrogen and oxygen atoms in total. The zero-order chi connectivity index (χ0) is 9.26. The first kappa shape index (κ1) is 8.94. The van der Waals surface area contributed by atoms with Gasteiger partial charge in [0.25, 0.3) is 0 Å². The summed E-state index contributed by atoms with van der Waals surface area (Å²) in [4.78, 5) is 13.2. The van der Waals surface area contributed by atoms with E-state index in [1.165, 1.54) is 0 Å². The Balaban J connectivity index is 1.82. The van der Waals surface area contributed by atoms with E-state index in [2.05, 4.69) is 0 Å². The van der Waals surface area contributed by atoms with Crippen LogP contribution >= 0.6 is 0 Å². The Hall–Kier alpha value is -0.640. The molecule has 1 amide bonds. The number of nitrogens with zero attached hydrogens (tertiary/aromatic N) is 1. The SMILES string of the molecule is O=C(C1CCCOC1)N1CC(F)C1. The van der Waals surface area contributed by atoms with E-state index in [0.717, 1.165) is 19.4 Å². The number of carbonyl (C=O) groups is 1. The fraction of sp³-hybridized carbons (Fsp3) is 0.889. The Kier molecular flexibility index (Phi) is 2.49. The molecule has 1 atom stereocenters. The Morgan fingerprint density at radius 1 is 1.46 bits per heavy atom. The summed E-state index contributed by atoms with van der Waals surface area (Å²) in [5.41, 5.74) is 0. The second-order valence-corrected chi connectivity index (χ2v) is 3.75. The first-order valence-corrected chi connectivity index (χ1v) is 4.78. The van der Waals surface area contributed by atoms with Crippen LogP contribution in [0.2, 0.25) is 0 Å².